The first-order chi connectivity index (χ1) is 18.9. The molecule has 1 N–H and O–H groups in total. The van der Waals surface area contributed by atoms with Crippen LogP contribution in [-0.2, 0) is 26.2 Å². The number of carbonyl (C=O) groups is 2. The molecule has 1 atom stereocenters. The van der Waals surface area contributed by atoms with Gasteiger partial charge in [-0.15, -0.1) is 0 Å². The van der Waals surface area contributed by atoms with Crippen molar-refractivity contribution >= 4 is 50.7 Å². The molecule has 0 heterocycles. The molecule has 0 unspecified atom stereocenters. The number of rotatable bonds is 12. The first kappa shape index (κ1) is 31.5. The number of hydrogen-bond acceptors (Lipinski definition) is 4. The molecule has 40 heavy (non-hydrogen) atoms. The van der Waals surface area contributed by atoms with Gasteiger partial charge in [0.25, 0.3) is 10.0 Å². The minimum Gasteiger partial charge on any atom is -0.354 e. The third kappa shape index (κ3) is 7.77. The van der Waals surface area contributed by atoms with Crippen LogP contribution in [0.3, 0.4) is 0 Å². The summed E-state index contributed by atoms with van der Waals surface area (Å²) in [6.07, 6.45) is 1.69. The number of sulfonamides is 1. The third-order valence-electron chi connectivity index (χ3n) is 6.49. The number of nitrogens with zero attached hydrogens (tertiary/aromatic N) is 2. The number of unbranched alkanes of at least 4 members (excludes halogenated alkanes) is 1. The molecule has 0 aliphatic carbocycles. The van der Waals surface area contributed by atoms with Crippen molar-refractivity contribution in [1.82, 2.24) is 10.2 Å². The van der Waals surface area contributed by atoms with Crippen LogP contribution in [0.1, 0.15) is 43.4 Å². The van der Waals surface area contributed by atoms with Gasteiger partial charge in [0.1, 0.15) is 12.6 Å². The second-order valence-electron chi connectivity index (χ2n) is 9.71. The van der Waals surface area contributed by atoms with E-state index in [2.05, 4.69) is 5.32 Å². The van der Waals surface area contributed by atoms with Gasteiger partial charge in [-0.3, -0.25) is 13.9 Å². The molecule has 0 aliphatic heterocycles. The van der Waals surface area contributed by atoms with Gasteiger partial charge < -0.3 is 10.2 Å². The Kier molecular flexibility index (Phi) is 11.0. The zero-order valence-corrected chi connectivity index (χ0v) is 25.5. The van der Waals surface area contributed by atoms with Crippen LogP contribution in [-0.4, -0.2) is 44.3 Å². The van der Waals surface area contributed by atoms with Crippen molar-refractivity contribution in [3.05, 3.63) is 93.5 Å². The summed E-state index contributed by atoms with van der Waals surface area (Å²) in [5.74, 6) is -0.929. The summed E-state index contributed by atoms with van der Waals surface area (Å²) in [5, 5.41) is 3.54. The zero-order chi connectivity index (χ0) is 29.4. The van der Waals surface area contributed by atoms with E-state index in [1.807, 2.05) is 26.8 Å². The van der Waals surface area contributed by atoms with Gasteiger partial charge in [0, 0.05) is 28.7 Å². The molecular weight excluding hydrogens is 569 g/mol. The second-order valence-corrected chi connectivity index (χ2v) is 12.4. The Balaban J connectivity index is 2.06. The fraction of sp³-hybridized carbons (Fsp3) is 0.333. The van der Waals surface area contributed by atoms with E-state index in [0.29, 0.717) is 27.8 Å². The molecule has 0 saturated heterocycles. The molecule has 0 spiro atoms. The highest BCUT2D eigenvalue weighted by Crippen LogP contribution is 2.29. The molecule has 0 fully saturated rings. The van der Waals surface area contributed by atoms with Gasteiger partial charge in [-0.05, 0) is 74.7 Å². The van der Waals surface area contributed by atoms with Crippen LogP contribution in [0.4, 0.5) is 5.69 Å². The van der Waals surface area contributed by atoms with Crippen LogP contribution < -0.4 is 9.62 Å². The minimum absolute atomic E-state index is 0.0491. The minimum atomic E-state index is -4.14. The topological polar surface area (TPSA) is 86.8 Å². The lowest BCUT2D eigenvalue weighted by Crippen LogP contribution is -2.51. The molecule has 3 aromatic carbocycles. The smallest absolute Gasteiger partial charge is 0.264 e. The molecule has 10 heteroatoms. The van der Waals surface area contributed by atoms with E-state index < -0.39 is 28.5 Å². The van der Waals surface area contributed by atoms with E-state index in [9.17, 15) is 18.0 Å². The van der Waals surface area contributed by atoms with E-state index in [0.717, 1.165) is 28.3 Å². The summed E-state index contributed by atoms with van der Waals surface area (Å²) in [4.78, 5) is 28.5. The molecule has 0 aliphatic rings. The summed E-state index contributed by atoms with van der Waals surface area (Å²) in [5.41, 5.74) is 2.51. The maximum Gasteiger partial charge on any atom is 0.264 e. The van der Waals surface area contributed by atoms with Crippen molar-refractivity contribution in [1.29, 1.82) is 0 Å². The van der Waals surface area contributed by atoms with E-state index in [4.69, 9.17) is 23.2 Å². The summed E-state index contributed by atoms with van der Waals surface area (Å²) >= 11 is 12.8. The molecule has 2 amide bonds. The van der Waals surface area contributed by atoms with Gasteiger partial charge in [-0.2, -0.15) is 0 Å². The average molecular weight is 605 g/mol. The van der Waals surface area contributed by atoms with E-state index in [-0.39, 0.29) is 17.3 Å². The standard InChI is InChI=1S/C30H35Cl2N3O4S/c1-5-6-15-33-30(37)23(4)34(19-26-27(31)13-10-14-28(26)32)29(36)20-35(24-17-21(2)16-22(3)18-24)40(38,39)25-11-8-7-9-12-25/h7-14,16-18,23H,5-6,15,19-20H2,1-4H3,(H,33,37)/t23-/m1/s1. The van der Waals surface area contributed by atoms with Gasteiger partial charge >= 0.3 is 0 Å². The molecule has 214 valence electrons. The fourth-order valence-corrected chi connectivity index (χ4v) is 6.25. The molecule has 3 aromatic rings. The summed E-state index contributed by atoms with van der Waals surface area (Å²) in [6.45, 7) is 7.20. The quantitative estimate of drug-likeness (QED) is 0.252. The number of anilines is 1. The van der Waals surface area contributed by atoms with Crippen LogP contribution in [0.5, 0.6) is 0 Å². The predicted molar refractivity (Wildman–Crippen MR) is 161 cm³/mol. The SMILES string of the molecule is CCCCNC(=O)[C@@H](C)N(Cc1c(Cl)cccc1Cl)C(=O)CN(c1cc(C)cc(C)c1)S(=O)(=O)c1ccccc1. The van der Waals surface area contributed by atoms with Crippen molar-refractivity contribution in [2.45, 2.75) is 58.0 Å². The van der Waals surface area contributed by atoms with Crippen molar-refractivity contribution in [2.24, 2.45) is 0 Å². The zero-order valence-electron chi connectivity index (χ0n) is 23.2. The maximum atomic E-state index is 14.0. The molecule has 0 bridgehead atoms. The number of carbonyl (C=O) groups excluding carboxylic acids is 2. The average Bonchev–Trinajstić information content (AvgIpc) is 2.91. The number of aryl methyl sites for hydroxylation is 2. The first-order valence-corrected chi connectivity index (χ1v) is 15.3. The van der Waals surface area contributed by atoms with Crippen LogP contribution in [0, 0.1) is 13.8 Å². The lowest BCUT2D eigenvalue weighted by molar-refractivity contribution is -0.139. The van der Waals surface area contributed by atoms with Crippen LogP contribution in [0.25, 0.3) is 0 Å². The molecule has 3 rings (SSSR count). The van der Waals surface area contributed by atoms with E-state index in [1.54, 1.807) is 55.5 Å². The molecule has 7 nitrogen and oxygen atoms in total. The van der Waals surface area contributed by atoms with E-state index >= 15 is 0 Å². The number of benzene rings is 3. The van der Waals surface area contributed by atoms with E-state index in [1.165, 1.54) is 17.0 Å². The van der Waals surface area contributed by atoms with Crippen LogP contribution >= 0.6 is 23.2 Å². The van der Waals surface area contributed by atoms with Gasteiger partial charge in [0.05, 0.1) is 10.6 Å². The summed E-state index contributed by atoms with van der Waals surface area (Å²) in [7, 11) is -4.14. The number of amides is 2. The van der Waals surface area contributed by atoms with Gasteiger partial charge in [0.15, 0.2) is 0 Å². The Bertz CT molecular complexity index is 1410. The highest BCUT2D eigenvalue weighted by molar-refractivity contribution is 7.92. The summed E-state index contributed by atoms with van der Waals surface area (Å²) < 4.78 is 28.9. The van der Waals surface area contributed by atoms with Crippen LogP contribution in [0.2, 0.25) is 10.0 Å². The molecule has 0 radical (unpaired) electrons. The number of nitrogens with one attached hydrogen (secondary N) is 1. The molecular formula is C30H35Cl2N3O4S. The van der Waals surface area contributed by atoms with Gasteiger partial charge in [-0.25, -0.2) is 8.42 Å². The van der Waals surface area contributed by atoms with Crippen LogP contribution in [0.15, 0.2) is 71.6 Å². The van der Waals surface area contributed by atoms with Crippen molar-refractivity contribution in [3.8, 4) is 0 Å². The number of hydrogen-bond donors (Lipinski definition) is 1. The Morgan fingerprint density at radius 1 is 0.925 bits per heavy atom. The third-order valence-corrected chi connectivity index (χ3v) is 8.99. The normalized spacial score (nSPS) is 12.1. The first-order valence-electron chi connectivity index (χ1n) is 13.1. The predicted octanol–water partition coefficient (Wildman–Crippen LogP) is 6.14. The van der Waals surface area contributed by atoms with Crippen molar-refractivity contribution in [2.75, 3.05) is 17.4 Å². The Labute approximate surface area is 247 Å². The van der Waals surface area contributed by atoms with Crippen molar-refractivity contribution < 1.29 is 18.0 Å². The number of halogens is 2. The van der Waals surface area contributed by atoms with Crippen molar-refractivity contribution in [3.63, 3.8) is 0 Å². The Morgan fingerprint density at radius 3 is 2.10 bits per heavy atom. The Morgan fingerprint density at radius 2 is 1.52 bits per heavy atom. The monoisotopic (exact) mass is 603 g/mol. The lowest BCUT2D eigenvalue weighted by atomic mass is 10.1. The fourth-order valence-electron chi connectivity index (χ4n) is 4.32. The highest BCUT2D eigenvalue weighted by atomic mass is 35.5. The summed E-state index contributed by atoms with van der Waals surface area (Å²) in [6, 6.07) is 17.4. The Hall–Kier alpha value is -3.07. The highest BCUT2D eigenvalue weighted by Gasteiger charge is 2.33. The molecule has 0 aromatic heterocycles. The maximum absolute atomic E-state index is 14.0. The molecule has 0 saturated carbocycles. The lowest BCUT2D eigenvalue weighted by Gasteiger charge is -2.32. The second kappa shape index (κ2) is 14.0. The largest absolute Gasteiger partial charge is 0.354 e. The van der Waals surface area contributed by atoms with Gasteiger partial charge in [-0.1, -0.05) is 66.9 Å². The van der Waals surface area contributed by atoms with Gasteiger partial charge in [0.2, 0.25) is 11.8 Å².